The smallest absolute Gasteiger partial charge is 0.343 e. The summed E-state index contributed by atoms with van der Waals surface area (Å²) in [6.45, 7) is 0. The molecule has 1 aromatic heterocycles. The number of fused-ring (bicyclic) bond motifs is 3. The summed E-state index contributed by atoms with van der Waals surface area (Å²) < 4.78 is 27.3. The van der Waals surface area contributed by atoms with Gasteiger partial charge in [0.1, 0.15) is 22.8 Å². The average Bonchev–Trinajstić information content (AvgIpc) is 2.72. The van der Waals surface area contributed by atoms with Gasteiger partial charge in [0.15, 0.2) is 5.75 Å². The monoisotopic (exact) mass is 382 g/mol. The minimum atomic E-state index is -0.645. The zero-order chi connectivity index (χ0) is 19.8. The third-order valence-electron chi connectivity index (χ3n) is 4.84. The van der Waals surface area contributed by atoms with E-state index < -0.39 is 17.5 Å². The van der Waals surface area contributed by atoms with Crippen molar-refractivity contribution in [1.29, 1.82) is 0 Å². The highest BCUT2D eigenvalue weighted by Crippen LogP contribution is 2.47. The molecule has 0 radical (unpaired) electrons. The Hall–Kier alpha value is -3.48. The number of hydrogen-bond donors (Lipinski definition) is 0. The van der Waals surface area contributed by atoms with Crippen LogP contribution in [0.15, 0.2) is 45.6 Å². The second-order valence-corrected chi connectivity index (χ2v) is 6.30. The molecule has 0 amide bonds. The van der Waals surface area contributed by atoms with Gasteiger partial charge in [0.25, 0.3) is 0 Å². The summed E-state index contributed by atoms with van der Waals surface area (Å²) in [5.74, 6) is 0.527. The lowest BCUT2D eigenvalue weighted by molar-refractivity contribution is -0.135. The summed E-state index contributed by atoms with van der Waals surface area (Å²) in [4.78, 5) is 25.3. The molecule has 0 spiro atoms. The number of carbonyl (C=O) groups excluding carboxylic acids is 1. The lowest BCUT2D eigenvalue weighted by Gasteiger charge is -2.27. The van der Waals surface area contributed by atoms with Gasteiger partial charge in [-0.15, -0.1) is 0 Å². The Morgan fingerprint density at radius 3 is 2.25 bits per heavy atom. The number of carbonyl (C=O) groups is 1. The number of para-hydroxylation sites is 1. The molecule has 2 aromatic carbocycles. The quantitative estimate of drug-likeness (QED) is 0.506. The molecular formula is C21H18O7. The van der Waals surface area contributed by atoms with E-state index in [0.29, 0.717) is 33.8 Å². The van der Waals surface area contributed by atoms with Crippen LogP contribution >= 0.6 is 0 Å². The number of hydrogen-bond acceptors (Lipinski definition) is 7. The number of methoxy groups -OCH3 is 3. The van der Waals surface area contributed by atoms with Crippen LogP contribution in [0, 0.1) is 0 Å². The molecule has 0 unspecified atom stereocenters. The van der Waals surface area contributed by atoms with Gasteiger partial charge in [-0.3, -0.25) is 4.79 Å². The van der Waals surface area contributed by atoms with Crippen molar-refractivity contribution in [1.82, 2.24) is 0 Å². The van der Waals surface area contributed by atoms with E-state index >= 15 is 0 Å². The SMILES string of the molecule is COc1cc(OC)c([C@@H]2CC(=O)Oc3c2c(=O)oc2ccccc32)c(OC)c1. The molecule has 0 fully saturated rings. The molecule has 0 saturated carbocycles. The molecule has 0 N–H and O–H groups in total. The Morgan fingerprint density at radius 2 is 1.61 bits per heavy atom. The summed E-state index contributed by atoms with van der Waals surface area (Å²) in [6, 6.07) is 10.3. The molecule has 0 aliphatic carbocycles. The Kier molecular flexibility index (Phi) is 4.43. The van der Waals surface area contributed by atoms with E-state index in [0.717, 1.165) is 0 Å². The van der Waals surface area contributed by atoms with Crippen molar-refractivity contribution in [3.8, 4) is 23.0 Å². The summed E-state index contributed by atoms with van der Waals surface area (Å²) in [5, 5.41) is 0.557. The van der Waals surface area contributed by atoms with E-state index in [1.165, 1.54) is 21.3 Å². The van der Waals surface area contributed by atoms with E-state index in [4.69, 9.17) is 23.4 Å². The predicted molar refractivity (Wildman–Crippen MR) is 101 cm³/mol. The molecule has 2 heterocycles. The zero-order valence-corrected chi connectivity index (χ0v) is 15.6. The van der Waals surface area contributed by atoms with Gasteiger partial charge in [-0.25, -0.2) is 4.79 Å². The van der Waals surface area contributed by atoms with Crippen LogP contribution in [-0.4, -0.2) is 27.3 Å². The van der Waals surface area contributed by atoms with Crippen molar-refractivity contribution in [3.63, 3.8) is 0 Å². The minimum Gasteiger partial charge on any atom is -0.496 e. The normalized spacial score (nSPS) is 15.7. The molecule has 28 heavy (non-hydrogen) atoms. The molecule has 1 aliphatic rings. The molecule has 7 heteroatoms. The second-order valence-electron chi connectivity index (χ2n) is 6.30. The summed E-state index contributed by atoms with van der Waals surface area (Å²) >= 11 is 0. The Balaban J connectivity index is 2.03. The molecule has 0 saturated heterocycles. The maximum Gasteiger partial charge on any atom is 0.343 e. The number of rotatable bonds is 4. The topological polar surface area (TPSA) is 84.2 Å². The van der Waals surface area contributed by atoms with Gasteiger partial charge in [-0.1, -0.05) is 12.1 Å². The molecule has 3 aromatic rings. The third kappa shape index (κ3) is 2.76. The molecule has 4 rings (SSSR count). The van der Waals surface area contributed by atoms with Crippen LogP contribution in [0.25, 0.3) is 11.0 Å². The van der Waals surface area contributed by atoms with Crippen molar-refractivity contribution >= 4 is 16.9 Å². The second kappa shape index (κ2) is 6.92. The van der Waals surface area contributed by atoms with Crippen LogP contribution in [0.3, 0.4) is 0 Å². The lowest BCUT2D eigenvalue weighted by atomic mass is 9.85. The van der Waals surface area contributed by atoms with Crippen LogP contribution in [0.4, 0.5) is 0 Å². The molecule has 144 valence electrons. The van der Waals surface area contributed by atoms with Crippen LogP contribution in [0.5, 0.6) is 23.0 Å². The van der Waals surface area contributed by atoms with Gasteiger partial charge in [0, 0.05) is 23.6 Å². The Labute approximate surface area is 160 Å². The molecule has 7 nitrogen and oxygen atoms in total. The third-order valence-corrected chi connectivity index (χ3v) is 4.84. The molecule has 0 bridgehead atoms. The highest BCUT2D eigenvalue weighted by Gasteiger charge is 2.37. The fraction of sp³-hybridized carbons (Fsp3) is 0.238. The number of benzene rings is 2. The van der Waals surface area contributed by atoms with Crippen LogP contribution in [0.2, 0.25) is 0 Å². The van der Waals surface area contributed by atoms with Crippen molar-refractivity contribution < 1.29 is 28.2 Å². The predicted octanol–water partition coefficient (Wildman–Crippen LogP) is 3.26. The van der Waals surface area contributed by atoms with Crippen LogP contribution in [0.1, 0.15) is 23.5 Å². The van der Waals surface area contributed by atoms with E-state index in [2.05, 4.69) is 0 Å². The highest BCUT2D eigenvalue weighted by molar-refractivity contribution is 5.90. The molecular weight excluding hydrogens is 364 g/mol. The van der Waals surface area contributed by atoms with Crippen LogP contribution in [-0.2, 0) is 4.79 Å². The first-order chi connectivity index (χ1) is 13.6. The first-order valence-corrected chi connectivity index (χ1v) is 8.63. The van der Waals surface area contributed by atoms with E-state index in [1.54, 1.807) is 36.4 Å². The summed E-state index contributed by atoms with van der Waals surface area (Å²) in [5.41, 5.74) is 0.617. The standard InChI is InChI=1S/C21H18O7/c1-24-11-8-15(25-2)18(16(9-11)26-3)13-10-17(22)28-20-12-6-4-5-7-14(12)27-21(23)19(13)20/h4-9,13H,10H2,1-3H3/t13-/m0/s1. The average molecular weight is 382 g/mol. The first-order valence-electron chi connectivity index (χ1n) is 8.63. The van der Waals surface area contributed by atoms with Gasteiger partial charge >= 0.3 is 11.6 Å². The summed E-state index contributed by atoms with van der Waals surface area (Å²) in [7, 11) is 4.53. The van der Waals surface area contributed by atoms with Crippen molar-refractivity contribution in [2.75, 3.05) is 21.3 Å². The fourth-order valence-corrected chi connectivity index (χ4v) is 3.59. The zero-order valence-electron chi connectivity index (χ0n) is 15.6. The van der Waals surface area contributed by atoms with Crippen molar-refractivity contribution in [2.45, 2.75) is 12.3 Å². The number of esters is 1. The van der Waals surface area contributed by atoms with Gasteiger partial charge in [-0.05, 0) is 12.1 Å². The summed E-state index contributed by atoms with van der Waals surface area (Å²) in [6.07, 6.45) is -0.0465. The van der Waals surface area contributed by atoms with E-state index in [9.17, 15) is 9.59 Å². The Morgan fingerprint density at radius 1 is 0.929 bits per heavy atom. The van der Waals surface area contributed by atoms with Crippen LogP contribution < -0.4 is 24.6 Å². The van der Waals surface area contributed by atoms with Gasteiger partial charge in [-0.2, -0.15) is 0 Å². The lowest BCUT2D eigenvalue weighted by Crippen LogP contribution is -2.27. The minimum absolute atomic E-state index is 0.0465. The highest BCUT2D eigenvalue weighted by atomic mass is 16.5. The van der Waals surface area contributed by atoms with E-state index in [1.807, 2.05) is 0 Å². The molecule has 1 atom stereocenters. The maximum atomic E-state index is 12.8. The van der Waals surface area contributed by atoms with Gasteiger partial charge in [0.2, 0.25) is 0 Å². The fourth-order valence-electron chi connectivity index (χ4n) is 3.59. The van der Waals surface area contributed by atoms with Gasteiger partial charge < -0.3 is 23.4 Å². The van der Waals surface area contributed by atoms with Gasteiger partial charge in [0.05, 0.1) is 38.7 Å². The largest absolute Gasteiger partial charge is 0.496 e. The first kappa shape index (κ1) is 17.9. The number of ether oxygens (including phenoxy) is 4. The molecule has 1 aliphatic heterocycles. The van der Waals surface area contributed by atoms with Crippen molar-refractivity contribution in [3.05, 3.63) is 57.9 Å². The Bertz CT molecular complexity index is 1100. The van der Waals surface area contributed by atoms with Crippen molar-refractivity contribution in [2.24, 2.45) is 0 Å². The maximum absolute atomic E-state index is 12.8. The van der Waals surface area contributed by atoms with E-state index in [-0.39, 0.29) is 17.7 Å².